The van der Waals surface area contributed by atoms with E-state index in [4.69, 9.17) is 18.9 Å². The second kappa shape index (κ2) is 24.3. The summed E-state index contributed by atoms with van der Waals surface area (Å²) in [6.45, 7) is 11.2. The molecule has 0 saturated carbocycles. The van der Waals surface area contributed by atoms with Crippen LogP contribution in [0.15, 0.2) is 0 Å². The summed E-state index contributed by atoms with van der Waals surface area (Å²) < 4.78 is 21.5. The van der Waals surface area contributed by atoms with Crippen LogP contribution >= 0.6 is 21.6 Å². The predicted octanol–water partition coefficient (Wildman–Crippen LogP) is 2.59. The van der Waals surface area contributed by atoms with Gasteiger partial charge in [-0.05, 0) is 47.1 Å². The highest BCUT2D eigenvalue weighted by molar-refractivity contribution is 8.77. The fraction of sp³-hybridized carbons (Fsp3) is 0.826. The first-order valence-corrected chi connectivity index (χ1v) is 14.2. The van der Waals surface area contributed by atoms with Gasteiger partial charge in [0, 0.05) is 31.0 Å². The molecule has 0 aliphatic carbocycles. The van der Waals surface area contributed by atoms with Crippen molar-refractivity contribution >= 4 is 33.7 Å². The van der Waals surface area contributed by atoms with Crippen molar-refractivity contribution in [2.75, 3.05) is 78.8 Å². The molecule has 204 valence electrons. The third-order valence-corrected chi connectivity index (χ3v) is 7.28. The summed E-state index contributed by atoms with van der Waals surface area (Å²) in [4.78, 5) is 23.2. The van der Waals surface area contributed by atoms with Crippen LogP contribution in [0.3, 0.4) is 0 Å². The first kappa shape index (κ1) is 33.6. The van der Waals surface area contributed by atoms with Gasteiger partial charge in [-0.15, -0.1) is 5.92 Å². The van der Waals surface area contributed by atoms with Gasteiger partial charge in [-0.3, -0.25) is 0 Å². The Balaban J connectivity index is 3.52. The molecule has 0 bridgehead atoms. The Hall–Kier alpha value is -1.36. The maximum atomic E-state index is 11.8. The van der Waals surface area contributed by atoms with Gasteiger partial charge < -0.3 is 40.2 Å². The summed E-state index contributed by atoms with van der Waals surface area (Å²) in [6, 6.07) is -0.198. The Morgan fingerprint density at radius 2 is 1.60 bits per heavy atom. The van der Waals surface area contributed by atoms with E-state index in [-0.39, 0.29) is 10.8 Å². The summed E-state index contributed by atoms with van der Waals surface area (Å²) in [5, 5.41) is 11.1. The maximum absolute atomic E-state index is 11.8. The zero-order chi connectivity index (χ0) is 26.0. The normalized spacial score (nSPS) is 10.9. The number of likely N-dealkylation sites (N-methyl/N-ethyl adjacent to an activating group) is 1. The summed E-state index contributed by atoms with van der Waals surface area (Å²) in [5.41, 5.74) is 0. The van der Waals surface area contributed by atoms with Crippen LogP contribution in [0.4, 0.5) is 9.59 Å². The monoisotopic (exact) mass is 536 g/mol. The van der Waals surface area contributed by atoms with Crippen LogP contribution in [0.2, 0.25) is 0 Å². The Kier molecular flexibility index (Phi) is 23.4. The number of carbonyl (C=O) groups is 2. The molecule has 4 N–H and O–H groups in total. The molecule has 0 aromatic heterocycles. The SMILES string of the molecule is CC#CCNC(=O)NCCCCOCSSC(C)(C)CCOC(=O)NCCOCCOCCNC. The van der Waals surface area contributed by atoms with Gasteiger partial charge in [0.1, 0.15) is 5.94 Å². The quantitative estimate of drug-likeness (QED) is 0.0716. The molecule has 0 aromatic rings. The van der Waals surface area contributed by atoms with Crippen LogP contribution in [0.1, 0.15) is 40.0 Å². The van der Waals surface area contributed by atoms with Crippen LogP contribution in [0.5, 0.6) is 0 Å². The molecule has 0 fully saturated rings. The molecule has 35 heavy (non-hydrogen) atoms. The molecular weight excluding hydrogens is 492 g/mol. The van der Waals surface area contributed by atoms with Crippen molar-refractivity contribution < 1.29 is 28.5 Å². The Morgan fingerprint density at radius 1 is 0.857 bits per heavy atom. The molecule has 0 saturated heterocycles. The molecule has 10 nitrogen and oxygen atoms in total. The molecule has 0 aromatic carbocycles. The van der Waals surface area contributed by atoms with Crippen LogP contribution in [-0.2, 0) is 18.9 Å². The van der Waals surface area contributed by atoms with Crippen molar-refractivity contribution in [2.45, 2.75) is 44.8 Å². The molecule has 0 heterocycles. The molecule has 0 rings (SSSR count). The summed E-state index contributed by atoms with van der Waals surface area (Å²) >= 11 is 0. The van der Waals surface area contributed by atoms with Gasteiger partial charge in [-0.25, -0.2) is 9.59 Å². The van der Waals surface area contributed by atoms with Crippen LogP contribution < -0.4 is 21.3 Å². The molecule has 0 radical (unpaired) electrons. The number of urea groups is 1. The Morgan fingerprint density at radius 3 is 2.31 bits per heavy atom. The minimum Gasteiger partial charge on any atom is -0.450 e. The van der Waals surface area contributed by atoms with Gasteiger partial charge in [0.05, 0.1) is 39.6 Å². The van der Waals surface area contributed by atoms with Crippen molar-refractivity contribution in [3.63, 3.8) is 0 Å². The number of alkyl carbamates (subject to hydrolysis) is 1. The smallest absolute Gasteiger partial charge is 0.407 e. The molecule has 0 aliphatic rings. The predicted molar refractivity (Wildman–Crippen MR) is 144 cm³/mol. The van der Waals surface area contributed by atoms with Crippen molar-refractivity contribution in [3.05, 3.63) is 0 Å². The molecule has 12 heteroatoms. The number of amides is 3. The zero-order valence-electron chi connectivity index (χ0n) is 21.7. The second-order valence-corrected chi connectivity index (χ2v) is 10.8. The van der Waals surface area contributed by atoms with Crippen molar-refractivity contribution in [1.29, 1.82) is 0 Å². The molecule has 3 amide bonds. The first-order chi connectivity index (χ1) is 16.9. The lowest BCUT2D eigenvalue weighted by molar-refractivity contribution is 0.0497. The van der Waals surface area contributed by atoms with Gasteiger partial charge in [0.15, 0.2) is 0 Å². The standard InChI is InChI=1S/C23H44N4O6S2/c1-5-6-10-25-21(28)26-11-7-8-14-32-20-34-35-23(2,3)9-15-33-22(29)27-13-17-31-19-18-30-16-12-24-4/h24H,7-20H2,1-4H3,(H,27,29)(H2,25,26,28). The summed E-state index contributed by atoms with van der Waals surface area (Å²) in [5.74, 6) is 6.08. The van der Waals surface area contributed by atoms with Crippen molar-refractivity contribution in [2.24, 2.45) is 0 Å². The highest BCUT2D eigenvalue weighted by atomic mass is 33.1. The van der Waals surface area contributed by atoms with Crippen LogP contribution in [-0.4, -0.2) is 95.7 Å². The van der Waals surface area contributed by atoms with Gasteiger partial charge >= 0.3 is 12.1 Å². The van der Waals surface area contributed by atoms with Gasteiger partial charge in [0.25, 0.3) is 0 Å². The molecular formula is C23H44N4O6S2. The number of carbonyl (C=O) groups excluding carboxylic acids is 2. The lowest BCUT2D eigenvalue weighted by atomic mass is 10.1. The van der Waals surface area contributed by atoms with Crippen molar-refractivity contribution in [3.8, 4) is 11.8 Å². The van der Waals surface area contributed by atoms with Crippen LogP contribution in [0.25, 0.3) is 0 Å². The first-order valence-electron chi connectivity index (χ1n) is 11.9. The average Bonchev–Trinajstić information content (AvgIpc) is 2.82. The third-order valence-electron chi connectivity index (χ3n) is 4.25. The average molecular weight is 537 g/mol. The Labute approximate surface area is 218 Å². The number of nitrogens with one attached hydrogen (secondary N) is 4. The van der Waals surface area contributed by atoms with Gasteiger partial charge in [-0.2, -0.15) is 0 Å². The largest absolute Gasteiger partial charge is 0.450 e. The zero-order valence-corrected chi connectivity index (χ0v) is 23.3. The summed E-state index contributed by atoms with van der Waals surface area (Å²) in [6.07, 6.45) is 2.03. The molecule has 0 spiro atoms. The van der Waals surface area contributed by atoms with Gasteiger partial charge in [-0.1, -0.05) is 27.5 Å². The van der Waals surface area contributed by atoms with E-state index in [0.717, 1.165) is 25.8 Å². The summed E-state index contributed by atoms with van der Waals surface area (Å²) in [7, 11) is 5.23. The van der Waals surface area contributed by atoms with Crippen LogP contribution in [0, 0.1) is 11.8 Å². The lowest BCUT2D eigenvalue weighted by Crippen LogP contribution is -2.36. The number of unbranched alkanes of at least 4 members (excludes halogenated alkanes) is 1. The second-order valence-electron chi connectivity index (χ2n) is 7.87. The number of hydrogen-bond acceptors (Lipinski definition) is 9. The third kappa shape index (κ3) is 25.5. The minimum absolute atomic E-state index is 0.0514. The highest BCUT2D eigenvalue weighted by Gasteiger charge is 2.19. The van der Waals surface area contributed by atoms with E-state index >= 15 is 0 Å². The fourth-order valence-electron chi connectivity index (χ4n) is 2.29. The number of ether oxygens (including phenoxy) is 4. The number of rotatable bonds is 22. The Bertz CT molecular complexity index is 602. The van der Waals surface area contributed by atoms with E-state index in [2.05, 4.69) is 47.0 Å². The van der Waals surface area contributed by atoms with E-state index in [1.54, 1.807) is 28.5 Å². The fourth-order valence-corrected chi connectivity index (χ4v) is 4.56. The molecule has 0 aliphatic heterocycles. The number of hydrogen-bond donors (Lipinski definition) is 4. The molecule has 0 atom stereocenters. The highest BCUT2D eigenvalue weighted by Crippen LogP contribution is 2.37. The van der Waals surface area contributed by atoms with Gasteiger partial charge in [0.2, 0.25) is 0 Å². The molecule has 0 unspecified atom stereocenters. The van der Waals surface area contributed by atoms with E-state index in [9.17, 15) is 9.59 Å². The maximum Gasteiger partial charge on any atom is 0.407 e. The minimum atomic E-state index is -0.433. The lowest BCUT2D eigenvalue weighted by Gasteiger charge is -2.22. The van der Waals surface area contributed by atoms with Crippen molar-refractivity contribution in [1.82, 2.24) is 21.3 Å². The topological polar surface area (TPSA) is 119 Å². The van der Waals surface area contributed by atoms with E-state index in [1.807, 2.05) is 7.05 Å². The van der Waals surface area contributed by atoms with E-state index in [0.29, 0.717) is 65.2 Å². The van der Waals surface area contributed by atoms with E-state index < -0.39 is 6.09 Å². The van der Waals surface area contributed by atoms with E-state index in [1.165, 1.54) is 0 Å².